The summed E-state index contributed by atoms with van der Waals surface area (Å²) in [7, 11) is 0. The van der Waals surface area contributed by atoms with Gasteiger partial charge in [0.15, 0.2) is 5.69 Å². The lowest BCUT2D eigenvalue weighted by molar-refractivity contribution is -0.143. The maximum absolute atomic E-state index is 13.9. The Morgan fingerprint density at radius 1 is 0.882 bits per heavy atom. The second kappa shape index (κ2) is 9.36. The second-order valence-electron chi connectivity index (χ2n) is 7.02. The lowest BCUT2D eigenvalue weighted by Crippen LogP contribution is -2.21. The van der Waals surface area contributed by atoms with Gasteiger partial charge in [-0.15, -0.1) is 0 Å². The van der Waals surface area contributed by atoms with Gasteiger partial charge in [-0.25, -0.2) is 4.68 Å². The van der Waals surface area contributed by atoms with E-state index in [2.05, 4.69) is 20.7 Å². The highest BCUT2D eigenvalue weighted by Crippen LogP contribution is 2.34. The molecule has 0 aliphatic heterocycles. The Labute approximate surface area is 196 Å². The van der Waals surface area contributed by atoms with Crippen LogP contribution in [0.25, 0.3) is 5.69 Å². The number of aromatic nitrogens is 3. The predicted molar refractivity (Wildman–Crippen MR) is 120 cm³/mol. The smallest absolute Gasteiger partial charge is 0.322 e. The van der Waals surface area contributed by atoms with E-state index in [0.29, 0.717) is 10.4 Å². The summed E-state index contributed by atoms with van der Waals surface area (Å²) in [6.07, 6.45) is -1.03. The number of benzene rings is 2. The van der Waals surface area contributed by atoms with Crippen LogP contribution >= 0.6 is 11.6 Å². The molecular weight excluding hydrogens is 471 g/mol. The average molecular weight is 486 g/mol. The number of halogens is 4. The predicted octanol–water partition coefficient (Wildman–Crippen LogP) is 5.44. The van der Waals surface area contributed by atoms with Crippen molar-refractivity contribution in [2.75, 3.05) is 10.6 Å². The highest BCUT2D eigenvalue weighted by molar-refractivity contribution is 6.30. The van der Waals surface area contributed by atoms with Crippen molar-refractivity contribution < 1.29 is 22.8 Å². The molecule has 0 fully saturated rings. The molecule has 2 amide bonds. The van der Waals surface area contributed by atoms with Crippen LogP contribution in [0.3, 0.4) is 0 Å². The first-order valence-corrected chi connectivity index (χ1v) is 10.1. The molecule has 0 saturated heterocycles. The largest absolute Gasteiger partial charge is 0.434 e. The van der Waals surface area contributed by atoms with Gasteiger partial charge in [0.25, 0.3) is 11.8 Å². The molecule has 2 heterocycles. The SMILES string of the molecule is O=C(Nc1ccncc1)c1cccc(NC(=O)c2cnn(-c3cccc(Cl)c3)c2C(F)(F)F)c1. The molecule has 34 heavy (non-hydrogen) atoms. The molecule has 4 aromatic rings. The molecule has 172 valence electrons. The van der Waals surface area contributed by atoms with E-state index in [4.69, 9.17) is 11.6 Å². The lowest BCUT2D eigenvalue weighted by Gasteiger charge is -2.13. The number of rotatable bonds is 5. The van der Waals surface area contributed by atoms with E-state index < -0.39 is 29.2 Å². The number of carbonyl (C=O) groups is 2. The maximum Gasteiger partial charge on any atom is 0.434 e. The molecule has 0 atom stereocenters. The van der Waals surface area contributed by atoms with Crippen LogP contribution in [0, 0.1) is 0 Å². The Hall–Kier alpha value is -4.18. The van der Waals surface area contributed by atoms with Gasteiger partial charge < -0.3 is 10.6 Å². The molecule has 0 unspecified atom stereocenters. The van der Waals surface area contributed by atoms with Crippen molar-refractivity contribution in [3.05, 3.63) is 101 Å². The van der Waals surface area contributed by atoms with Crippen LogP contribution in [-0.4, -0.2) is 26.6 Å². The van der Waals surface area contributed by atoms with E-state index >= 15 is 0 Å². The van der Waals surface area contributed by atoms with Gasteiger partial charge in [0.1, 0.15) is 0 Å². The fourth-order valence-electron chi connectivity index (χ4n) is 3.17. The third-order valence-electron chi connectivity index (χ3n) is 4.66. The first-order chi connectivity index (χ1) is 16.2. The van der Waals surface area contributed by atoms with Crippen LogP contribution in [0.15, 0.2) is 79.3 Å². The monoisotopic (exact) mass is 485 g/mol. The van der Waals surface area contributed by atoms with Gasteiger partial charge in [0.2, 0.25) is 0 Å². The minimum Gasteiger partial charge on any atom is -0.322 e. The number of hydrogen-bond donors (Lipinski definition) is 2. The fourth-order valence-corrected chi connectivity index (χ4v) is 3.35. The Kier molecular flexibility index (Phi) is 6.33. The molecule has 4 rings (SSSR count). The Bertz CT molecular complexity index is 1360. The van der Waals surface area contributed by atoms with Crippen molar-refractivity contribution in [2.45, 2.75) is 6.18 Å². The summed E-state index contributed by atoms with van der Waals surface area (Å²) >= 11 is 5.89. The molecule has 0 aliphatic rings. The van der Waals surface area contributed by atoms with E-state index in [1.165, 1.54) is 60.9 Å². The van der Waals surface area contributed by atoms with Gasteiger partial charge in [-0.05, 0) is 48.5 Å². The van der Waals surface area contributed by atoms with Gasteiger partial charge in [-0.3, -0.25) is 14.6 Å². The van der Waals surface area contributed by atoms with Crippen LogP contribution < -0.4 is 10.6 Å². The van der Waals surface area contributed by atoms with Crippen LogP contribution in [0.2, 0.25) is 5.02 Å². The topological polar surface area (TPSA) is 88.9 Å². The zero-order chi connectivity index (χ0) is 24.3. The molecule has 11 heteroatoms. The number of amides is 2. The van der Waals surface area contributed by atoms with E-state index in [1.807, 2.05) is 0 Å². The second-order valence-corrected chi connectivity index (χ2v) is 7.46. The van der Waals surface area contributed by atoms with Gasteiger partial charge >= 0.3 is 6.18 Å². The number of hydrogen-bond acceptors (Lipinski definition) is 4. The molecule has 2 N–H and O–H groups in total. The maximum atomic E-state index is 13.9. The summed E-state index contributed by atoms with van der Waals surface area (Å²) in [6.45, 7) is 0. The zero-order valence-electron chi connectivity index (χ0n) is 17.2. The van der Waals surface area contributed by atoms with Crippen molar-refractivity contribution in [1.29, 1.82) is 0 Å². The molecule has 0 spiro atoms. The summed E-state index contributed by atoms with van der Waals surface area (Å²) in [5, 5.41) is 9.03. The van der Waals surface area contributed by atoms with Gasteiger partial charge in [-0.1, -0.05) is 23.7 Å². The molecule has 0 aliphatic carbocycles. The highest BCUT2D eigenvalue weighted by Gasteiger charge is 2.40. The van der Waals surface area contributed by atoms with Crippen LogP contribution in [-0.2, 0) is 6.18 Å². The number of alkyl halides is 3. The molecule has 0 radical (unpaired) electrons. The molecule has 2 aromatic carbocycles. The van der Waals surface area contributed by atoms with E-state index in [0.717, 1.165) is 6.20 Å². The number of pyridine rings is 1. The van der Waals surface area contributed by atoms with E-state index in [-0.39, 0.29) is 22.0 Å². The minimum absolute atomic E-state index is 0.0497. The van der Waals surface area contributed by atoms with E-state index in [1.54, 1.807) is 12.1 Å². The van der Waals surface area contributed by atoms with Crippen molar-refractivity contribution in [3.8, 4) is 5.69 Å². The summed E-state index contributed by atoms with van der Waals surface area (Å²) in [5.74, 6) is -1.50. The number of anilines is 2. The molecule has 7 nitrogen and oxygen atoms in total. The van der Waals surface area contributed by atoms with Crippen molar-refractivity contribution >= 4 is 34.8 Å². The van der Waals surface area contributed by atoms with Crippen LogP contribution in [0.5, 0.6) is 0 Å². The molecular formula is C23H15ClF3N5O2. The average Bonchev–Trinajstić information content (AvgIpc) is 3.26. The minimum atomic E-state index is -4.88. The Morgan fingerprint density at radius 3 is 2.29 bits per heavy atom. The summed E-state index contributed by atoms with van der Waals surface area (Å²) in [5.41, 5.74) is -1.04. The van der Waals surface area contributed by atoms with Crippen molar-refractivity contribution in [2.24, 2.45) is 0 Å². The fraction of sp³-hybridized carbons (Fsp3) is 0.0435. The lowest BCUT2D eigenvalue weighted by atomic mass is 10.1. The zero-order valence-corrected chi connectivity index (χ0v) is 17.9. The quantitative estimate of drug-likeness (QED) is 0.394. The Morgan fingerprint density at radius 2 is 1.59 bits per heavy atom. The summed E-state index contributed by atoms with van der Waals surface area (Å²) < 4.78 is 42.2. The van der Waals surface area contributed by atoms with Crippen LogP contribution in [0.1, 0.15) is 26.4 Å². The molecule has 0 bridgehead atoms. The third kappa shape index (κ3) is 5.07. The van der Waals surface area contributed by atoms with E-state index in [9.17, 15) is 22.8 Å². The van der Waals surface area contributed by atoms with Gasteiger partial charge in [0.05, 0.1) is 17.4 Å². The highest BCUT2D eigenvalue weighted by atomic mass is 35.5. The first kappa shape index (κ1) is 23.0. The molecule has 0 saturated carbocycles. The number of nitrogens with zero attached hydrogens (tertiary/aromatic N) is 3. The van der Waals surface area contributed by atoms with Crippen LogP contribution in [0.4, 0.5) is 24.5 Å². The van der Waals surface area contributed by atoms with Gasteiger partial charge in [-0.2, -0.15) is 18.3 Å². The van der Waals surface area contributed by atoms with Crippen molar-refractivity contribution in [3.63, 3.8) is 0 Å². The molecule has 2 aromatic heterocycles. The number of nitrogens with one attached hydrogen (secondary N) is 2. The first-order valence-electron chi connectivity index (χ1n) is 9.76. The third-order valence-corrected chi connectivity index (χ3v) is 4.89. The van der Waals surface area contributed by atoms with Gasteiger partial charge in [0, 0.05) is 34.4 Å². The summed E-state index contributed by atoms with van der Waals surface area (Å²) in [4.78, 5) is 29.1. The number of carbonyl (C=O) groups excluding carboxylic acids is 2. The van der Waals surface area contributed by atoms with Crippen molar-refractivity contribution in [1.82, 2.24) is 14.8 Å². The normalized spacial score (nSPS) is 11.2. The summed E-state index contributed by atoms with van der Waals surface area (Å²) in [6, 6.07) is 14.7. The Balaban J connectivity index is 1.60. The standard InChI is InChI=1S/C23H15ClF3N5O2/c24-15-4-2-6-18(12-15)32-20(23(25,26)27)19(13-29-32)22(34)31-17-5-1-3-14(11-17)21(33)30-16-7-9-28-10-8-16/h1-13H,(H,31,34)(H,28,30,33).